The van der Waals surface area contributed by atoms with E-state index in [1.165, 1.54) is 25.4 Å². The van der Waals surface area contributed by atoms with Crippen LogP contribution in [-0.4, -0.2) is 73.6 Å². The summed E-state index contributed by atoms with van der Waals surface area (Å²) in [5.41, 5.74) is 3.77. The minimum Gasteiger partial charge on any atom is -0.495 e. The topological polar surface area (TPSA) is 103 Å². The molecule has 1 fully saturated rings. The Kier molecular flexibility index (Phi) is 6.75. The van der Waals surface area contributed by atoms with Gasteiger partial charge in [0.2, 0.25) is 5.95 Å². The molecule has 4 rings (SSSR count). The van der Waals surface area contributed by atoms with Gasteiger partial charge in [-0.2, -0.15) is 13.8 Å². The number of fused-ring (bicyclic) bond motifs is 1. The molecule has 1 saturated carbocycles. The lowest BCUT2D eigenvalue weighted by Gasteiger charge is -2.31. The SMILES string of the molecule is COc1cc(C(=O)NN(C)C)ccc1Nc1ncc2c(n1)N(C1CCCC1)CC(F)(F)C(=O)N2C. The van der Waals surface area contributed by atoms with Crippen molar-refractivity contribution >= 4 is 35.0 Å². The Labute approximate surface area is 202 Å². The highest BCUT2D eigenvalue weighted by atomic mass is 19.3. The average molecular weight is 490 g/mol. The van der Waals surface area contributed by atoms with E-state index in [-0.39, 0.29) is 29.4 Å². The molecule has 2 aliphatic rings. The quantitative estimate of drug-likeness (QED) is 0.598. The Morgan fingerprint density at radius 2 is 1.97 bits per heavy atom. The molecule has 1 aromatic carbocycles. The zero-order valence-electron chi connectivity index (χ0n) is 20.1. The first-order valence-electron chi connectivity index (χ1n) is 11.3. The Morgan fingerprint density at radius 3 is 2.63 bits per heavy atom. The summed E-state index contributed by atoms with van der Waals surface area (Å²) < 4.78 is 34.9. The minimum atomic E-state index is -3.54. The molecule has 0 spiro atoms. The molecule has 2 amide bonds. The first kappa shape index (κ1) is 24.6. The predicted molar refractivity (Wildman–Crippen MR) is 127 cm³/mol. The summed E-state index contributed by atoms with van der Waals surface area (Å²) >= 11 is 0. The van der Waals surface area contributed by atoms with Crippen molar-refractivity contribution in [2.24, 2.45) is 0 Å². The summed E-state index contributed by atoms with van der Waals surface area (Å²) in [6, 6.07) is 4.70. The molecule has 2 aromatic rings. The third kappa shape index (κ3) is 4.97. The molecule has 188 valence electrons. The predicted octanol–water partition coefficient (Wildman–Crippen LogP) is 2.80. The third-order valence-electron chi connectivity index (χ3n) is 6.17. The van der Waals surface area contributed by atoms with E-state index in [1.807, 2.05) is 0 Å². The number of carbonyl (C=O) groups excluding carboxylic acids is 2. The summed E-state index contributed by atoms with van der Waals surface area (Å²) in [5.74, 6) is -4.32. The molecule has 12 heteroatoms. The number of hydrazine groups is 1. The number of carbonyl (C=O) groups is 2. The first-order valence-corrected chi connectivity index (χ1v) is 11.3. The number of benzene rings is 1. The van der Waals surface area contributed by atoms with Crippen LogP contribution in [0.4, 0.5) is 31.9 Å². The highest BCUT2D eigenvalue weighted by molar-refractivity contribution is 6.02. The van der Waals surface area contributed by atoms with Crippen LogP contribution in [-0.2, 0) is 4.79 Å². The van der Waals surface area contributed by atoms with Gasteiger partial charge in [0, 0.05) is 32.7 Å². The molecular weight excluding hydrogens is 460 g/mol. The second kappa shape index (κ2) is 9.61. The number of hydrogen-bond donors (Lipinski definition) is 2. The number of aromatic nitrogens is 2. The molecule has 0 unspecified atom stereocenters. The smallest absolute Gasteiger partial charge is 0.342 e. The second-order valence-electron chi connectivity index (χ2n) is 8.91. The van der Waals surface area contributed by atoms with Crippen molar-refractivity contribution in [3.63, 3.8) is 0 Å². The van der Waals surface area contributed by atoms with Gasteiger partial charge in [-0.3, -0.25) is 15.0 Å². The summed E-state index contributed by atoms with van der Waals surface area (Å²) in [6.07, 6.45) is 4.76. The number of nitrogens with one attached hydrogen (secondary N) is 2. The number of alkyl halides is 2. The van der Waals surface area contributed by atoms with Gasteiger partial charge >= 0.3 is 5.92 Å². The van der Waals surface area contributed by atoms with Gasteiger partial charge in [-0.15, -0.1) is 0 Å². The average Bonchev–Trinajstić information content (AvgIpc) is 3.34. The lowest BCUT2D eigenvalue weighted by molar-refractivity contribution is -0.140. The molecule has 2 heterocycles. The monoisotopic (exact) mass is 489 g/mol. The van der Waals surface area contributed by atoms with Crippen molar-refractivity contribution in [1.82, 2.24) is 20.4 Å². The Hall–Kier alpha value is -3.54. The molecular formula is C23H29F2N7O3. The summed E-state index contributed by atoms with van der Waals surface area (Å²) in [7, 11) is 6.19. The summed E-state index contributed by atoms with van der Waals surface area (Å²) in [6.45, 7) is -0.733. The molecule has 2 N–H and O–H groups in total. The molecule has 1 aliphatic carbocycles. The summed E-state index contributed by atoms with van der Waals surface area (Å²) in [4.78, 5) is 36.0. The number of hydrogen-bond acceptors (Lipinski definition) is 8. The molecule has 1 aromatic heterocycles. The Bertz CT molecular complexity index is 1120. The van der Waals surface area contributed by atoms with Gasteiger partial charge < -0.3 is 19.9 Å². The highest BCUT2D eigenvalue weighted by Crippen LogP contribution is 2.40. The van der Waals surface area contributed by atoms with E-state index in [2.05, 4.69) is 20.7 Å². The minimum absolute atomic E-state index is 0.134. The van der Waals surface area contributed by atoms with E-state index in [0.717, 1.165) is 30.6 Å². The van der Waals surface area contributed by atoms with E-state index in [0.29, 0.717) is 17.0 Å². The Balaban J connectivity index is 1.68. The van der Waals surface area contributed by atoms with Crippen molar-refractivity contribution in [3.8, 4) is 5.75 Å². The Morgan fingerprint density at radius 1 is 1.26 bits per heavy atom. The van der Waals surface area contributed by atoms with Crippen LogP contribution in [0.1, 0.15) is 36.0 Å². The second-order valence-corrected chi connectivity index (χ2v) is 8.91. The van der Waals surface area contributed by atoms with Crippen LogP contribution >= 0.6 is 0 Å². The van der Waals surface area contributed by atoms with Gasteiger partial charge in [0.1, 0.15) is 11.4 Å². The molecule has 1 aliphatic heterocycles. The van der Waals surface area contributed by atoms with Gasteiger partial charge in [-0.25, -0.2) is 9.99 Å². The van der Waals surface area contributed by atoms with Crippen LogP contribution in [0.2, 0.25) is 0 Å². The fourth-order valence-electron chi connectivity index (χ4n) is 4.43. The molecule has 0 saturated heterocycles. The number of halogens is 2. The normalized spacial score (nSPS) is 17.9. The van der Waals surface area contributed by atoms with Crippen molar-refractivity contribution in [3.05, 3.63) is 30.0 Å². The lowest BCUT2D eigenvalue weighted by Crippen LogP contribution is -2.48. The van der Waals surface area contributed by atoms with Crippen LogP contribution in [0.3, 0.4) is 0 Å². The maximum Gasteiger partial charge on any atom is 0.342 e. The molecule has 0 bridgehead atoms. The van der Waals surface area contributed by atoms with Gasteiger partial charge in [0.05, 0.1) is 25.5 Å². The third-order valence-corrected chi connectivity index (χ3v) is 6.17. The number of nitrogens with zero attached hydrogens (tertiary/aromatic N) is 5. The van der Waals surface area contributed by atoms with Crippen LogP contribution < -0.4 is 25.3 Å². The first-order chi connectivity index (χ1) is 16.6. The van der Waals surface area contributed by atoms with Crippen molar-refractivity contribution in [1.29, 1.82) is 0 Å². The van der Waals surface area contributed by atoms with Crippen molar-refractivity contribution in [2.75, 3.05) is 49.9 Å². The van der Waals surface area contributed by atoms with E-state index < -0.39 is 18.4 Å². The van der Waals surface area contributed by atoms with Gasteiger partial charge in [-0.1, -0.05) is 12.8 Å². The fourth-order valence-corrected chi connectivity index (χ4v) is 4.43. The molecule has 35 heavy (non-hydrogen) atoms. The van der Waals surface area contributed by atoms with Crippen LogP contribution in [0.5, 0.6) is 5.75 Å². The molecule has 0 radical (unpaired) electrons. The van der Waals surface area contributed by atoms with Crippen LogP contribution in [0.25, 0.3) is 0 Å². The number of anilines is 4. The van der Waals surface area contributed by atoms with E-state index in [9.17, 15) is 18.4 Å². The number of ether oxygens (including phenoxy) is 1. The maximum atomic E-state index is 14.8. The zero-order valence-corrected chi connectivity index (χ0v) is 20.1. The van der Waals surface area contributed by atoms with E-state index >= 15 is 0 Å². The van der Waals surface area contributed by atoms with Crippen molar-refractivity contribution < 1.29 is 23.1 Å². The lowest BCUT2D eigenvalue weighted by atomic mass is 10.1. The van der Waals surface area contributed by atoms with Crippen LogP contribution in [0, 0.1) is 0 Å². The molecule has 0 atom stereocenters. The number of amides is 2. The highest BCUT2D eigenvalue weighted by Gasteiger charge is 2.48. The van der Waals surface area contributed by atoms with Crippen LogP contribution in [0.15, 0.2) is 24.4 Å². The largest absolute Gasteiger partial charge is 0.495 e. The number of methoxy groups -OCH3 is 1. The van der Waals surface area contributed by atoms with Gasteiger partial charge in [-0.05, 0) is 31.0 Å². The van der Waals surface area contributed by atoms with Gasteiger partial charge in [0.15, 0.2) is 5.82 Å². The summed E-state index contributed by atoms with van der Waals surface area (Å²) in [5, 5.41) is 4.59. The van der Waals surface area contributed by atoms with Gasteiger partial charge in [0.25, 0.3) is 11.8 Å². The number of rotatable bonds is 6. The maximum absolute atomic E-state index is 14.8. The fraction of sp³-hybridized carbons (Fsp3) is 0.478. The van der Waals surface area contributed by atoms with E-state index in [4.69, 9.17) is 4.74 Å². The van der Waals surface area contributed by atoms with E-state index in [1.54, 1.807) is 37.2 Å². The van der Waals surface area contributed by atoms with Crippen molar-refractivity contribution in [2.45, 2.75) is 37.6 Å². The molecule has 10 nitrogen and oxygen atoms in total. The zero-order chi connectivity index (χ0) is 25.3. The standard InChI is InChI=1S/C23H29F2N7O3/c1-30(2)29-20(33)14-9-10-16(18(11-14)35-4)27-22-26-12-17-19(28-22)32(15-7-5-6-8-15)13-23(24,25)21(34)31(17)3/h9-12,15H,5-8,13H2,1-4H3,(H,29,33)(H,26,27,28).